The van der Waals surface area contributed by atoms with Crippen molar-refractivity contribution in [2.24, 2.45) is 5.73 Å². The van der Waals surface area contributed by atoms with Crippen molar-refractivity contribution in [3.63, 3.8) is 0 Å². The van der Waals surface area contributed by atoms with Gasteiger partial charge in [-0.05, 0) is 57.9 Å². The molecule has 1 aliphatic rings. The number of nitrogens with zero attached hydrogens (tertiary/aromatic N) is 1. The lowest BCUT2D eigenvalue weighted by Crippen LogP contribution is -2.53. The quantitative estimate of drug-likeness (QED) is 0.840. The van der Waals surface area contributed by atoms with Crippen LogP contribution >= 0.6 is 23.2 Å². The molecule has 106 valence electrons. The van der Waals surface area contributed by atoms with Gasteiger partial charge in [0.25, 0.3) is 0 Å². The van der Waals surface area contributed by atoms with Crippen molar-refractivity contribution in [3.8, 4) is 0 Å². The van der Waals surface area contributed by atoms with Crippen LogP contribution in [-0.2, 0) is 0 Å². The first-order chi connectivity index (χ1) is 8.80. The smallest absolute Gasteiger partial charge is 0.0519 e. The molecule has 0 aromatic heterocycles. The molecule has 1 aliphatic heterocycles. The van der Waals surface area contributed by atoms with Crippen LogP contribution in [0, 0.1) is 0 Å². The largest absolute Gasteiger partial charge is 0.326 e. The third-order valence-electron chi connectivity index (χ3n) is 3.82. The van der Waals surface area contributed by atoms with Gasteiger partial charge < -0.3 is 5.73 Å². The molecule has 0 radical (unpaired) electrons. The number of hydrogen-bond acceptors (Lipinski definition) is 2. The fourth-order valence-electron chi connectivity index (χ4n) is 2.92. The van der Waals surface area contributed by atoms with Gasteiger partial charge in [0.05, 0.1) is 6.04 Å². The normalized spacial score (nSPS) is 25.6. The maximum Gasteiger partial charge on any atom is 0.0519 e. The van der Waals surface area contributed by atoms with Crippen LogP contribution in [0.5, 0.6) is 0 Å². The van der Waals surface area contributed by atoms with Crippen LogP contribution in [0.1, 0.15) is 45.2 Å². The zero-order chi connectivity index (χ0) is 14.2. The highest BCUT2D eigenvalue weighted by Gasteiger charge is 2.37. The molecule has 0 aliphatic carbocycles. The Morgan fingerprint density at radius 1 is 1.26 bits per heavy atom. The summed E-state index contributed by atoms with van der Waals surface area (Å²) in [6, 6.07) is 6.00. The third-order valence-corrected chi connectivity index (χ3v) is 4.38. The van der Waals surface area contributed by atoms with Crippen LogP contribution in [0.2, 0.25) is 10.0 Å². The molecule has 0 bridgehead atoms. The van der Waals surface area contributed by atoms with Crippen LogP contribution < -0.4 is 5.73 Å². The minimum atomic E-state index is 0.0751. The second kappa shape index (κ2) is 5.61. The number of likely N-dealkylation sites (tertiary alicyclic amines) is 1. The molecule has 2 nitrogen and oxygen atoms in total. The van der Waals surface area contributed by atoms with Crippen LogP contribution in [0.25, 0.3) is 0 Å². The SMILES string of the molecule is CC(C)(C)N1CCCC(N)C1c1ccc(Cl)cc1Cl. The molecule has 0 spiro atoms. The number of piperidine rings is 1. The lowest BCUT2D eigenvalue weighted by molar-refractivity contribution is 0.0385. The van der Waals surface area contributed by atoms with Crippen LogP contribution in [0.3, 0.4) is 0 Å². The first kappa shape index (κ1) is 15.1. The summed E-state index contributed by atoms with van der Waals surface area (Å²) < 4.78 is 0. The predicted octanol–water partition coefficient (Wildman–Crippen LogP) is 4.26. The zero-order valence-corrected chi connectivity index (χ0v) is 13.3. The Bertz CT molecular complexity index is 454. The molecule has 1 aromatic carbocycles. The highest BCUT2D eigenvalue weighted by Crippen LogP contribution is 2.39. The Morgan fingerprint density at radius 2 is 1.95 bits per heavy atom. The van der Waals surface area contributed by atoms with E-state index in [1.807, 2.05) is 12.1 Å². The maximum atomic E-state index is 6.38. The summed E-state index contributed by atoms with van der Waals surface area (Å²) in [6.45, 7) is 7.73. The average Bonchev–Trinajstić information content (AvgIpc) is 2.28. The molecule has 19 heavy (non-hydrogen) atoms. The van der Waals surface area contributed by atoms with Crippen molar-refractivity contribution < 1.29 is 0 Å². The molecule has 4 heteroatoms. The lowest BCUT2D eigenvalue weighted by atomic mass is 9.87. The van der Waals surface area contributed by atoms with Crippen LogP contribution in [0.4, 0.5) is 0 Å². The van der Waals surface area contributed by atoms with Crippen LogP contribution in [0.15, 0.2) is 18.2 Å². The summed E-state index contributed by atoms with van der Waals surface area (Å²) in [5, 5.41) is 1.38. The highest BCUT2D eigenvalue weighted by atomic mass is 35.5. The van der Waals surface area contributed by atoms with E-state index in [2.05, 4.69) is 25.7 Å². The van der Waals surface area contributed by atoms with Crippen LogP contribution in [-0.4, -0.2) is 23.0 Å². The Balaban J connectivity index is 2.42. The molecule has 2 rings (SSSR count). The second-order valence-corrected chi connectivity index (χ2v) is 7.12. The van der Waals surface area contributed by atoms with E-state index >= 15 is 0 Å². The first-order valence-corrected chi connectivity index (χ1v) is 7.53. The first-order valence-electron chi connectivity index (χ1n) is 6.78. The Kier molecular flexibility index (Phi) is 4.46. The minimum absolute atomic E-state index is 0.0751. The van der Waals surface area contributed by atoms with Gasteiger partial charge in [-0.2, -0.15) is 0 Å². The molecule has 1 saturated heterocycles. The average molecular weight is 301 g/mol. The summed E-state index contributed by atoms with van der Waals surface area (Å²) in [5.74, 6) is 0. The molecule has 1 heterocycles. The van der Waals surface area contributed by atoms with Gasteiger partial charge in [0.2, 0.25) is 0 Å². The molecule has 0 amide bonds. The van der Waals surface area contributed by atoms with E-state index in [-0.39, 0.29) is 17.6 Å². The third kappa shape index (κ3) is 3.25. The monoisotopic (exact) mass is 300 g/mol. The molecule has 2 unspecified atom stereocenters. The summed E-state index contributed by atoms with van der Waals surface area (Å²) >= 11 is 12.4. The lowest BCUT2D eigenvalue weighted by Gasteiger charge is -2.47. The van der Waals surface area contributed by atoms with Crippen molar-refractivity contribution in [2.45, 2.75) is 51.2 Å². The van der Waals surface area contributed by atoms with E-state index in [0.29, 0.717) is 10.0 Å². The molecular weight excluding hydrogens is 279 g/mol. The van der Waals surface area contributed by atoms with Gasteiger partial charge in [-0.3, -0.25) is 4.90 Å². The number of rotatable bonds is 1. The summed E-state index contributed by atoms with van der Waals surface area (Å²) in [4.78, 5) is 2.45. The highest BCUT2D eigenvalue weighted by molar-refractivity contribution is 6.35. The van der Waals surface area contributed by atoms with E-state index < -0.39 is 0 Å². The van der Waals surface area contributed by atoms with Gasteiger partial charge in [-0.25, -0.2) is 0 Å². The van der Waals surface area contributed by atoms with Gasteiger partial charge in [-0.1, -0.05) is 29.3 Å². The number of hydrogen-bond donors (Lipinski definition) is 1. The van der Waals surface area contributed by atoms with Crippen molar-refractivity contribution in [1.82, 2.24) is 4.90 Å². The Hall–Kier alpha value is -0.280. The van der Waals surface area contributed by atoms with Crippen molar-refractivity contribution in [3.05, 3.63) is 33.8 Å². The molecular formula is C15H22Cl2N2. The van der Waals surface area contributed by atoms with E-state index in [1.54, 1.807) is 6.07 Å². The number of nitrogens with two attached hydrogens (primary N) is 1. The van der Waals surface area contributed by atoms with E-state index in [9.17, 15) is 0 Å². The Labute approximate surface area is 125 Å². The van der Waals surface area contributed by atoms with Gasteiger partial charge in [-0.15, -0.1) is 0 Å². The van der Waals surface area contributed by atoms with Gasteiger partial charge in [0.1, 0.15) is 0 Å². The molecule has 0 saturated carbocycles. The molecule has 1 aromatic rings. The number of halogens is 2. The topological polar surface area (TPSA) is 29.3 Å². The molecule has 2 N–H and O–H groups in total. The fraction of sp³-hybridized carbons (Fsp3) is 0.600. The van der Waals surface area contributed by atoms with Crippen molar-refractivity contribution in [1.29, 1.82) is 0 Å². The number of benzene rings is 1. The Morgan fingerprint density at radius 3 is 2.53 bits per heavy atom. The summed E-state index contributed by atoms with van der Waals surface area (Å²) in [7, 11) is 0. The minimum Gasteiger partial charge on any atom is -0.326 e. The van der Waals surface area contributed by atoms with E-state index in [1.165, 1.54) is 0 Å². The van der Waals surface area contributed by atoms with Gasteiger partial charge in [0, 0.05) is 21.6 Å². The van der Waals surface area contributed by atoms with Crippen molar-refractivity contribution >= 4 is 23.2 Å². The van der Waals surface area contributed by atoms with E-state index in [4.69, 9.17) is 28.9 Å². The maximum absolute atomic E-state index is 6.38. The van der Waals surface area contributed by atoms with Crippen molar-refractivity contribution in [2.75, 3.05) is 6.54 Å². The summed E-state index contributed by atoms with van der Waals surface area (Å²) in [6.07, 6.45) is 2.18. The van der Waals surface area contributed by atoms with Gasteiger partial charge >= 0.3 is 0 Å². The zero-order valence-electron chi connectivity index (χ0n) is 11.8. The van der Waals surface area contributed by atoms with E-state index in [0.717, 1.165) is 24.9 Å². The molecule has 1 fully saturated rings. The second-order valence-electron chi connectivity index (χ2n) is 6.28. The summed E-state index contributed by atoms with van der Waals surface area (Å²) in [5.41, 5.74) is 7.54. The standard InChI is InChI=1S/C15H22Cl2N2/c1-15(2,3)19-8-4-5-13(18)14(19)11-7-6-10(16)9-12(11)17/h6-7,9,13-14H,4-5,8,18H2,1-3H3. The fourth-order valence-corrected chi connectivity index (χ4v) is 3.44. The predicted molar refractivity (Wildman–Crippen MR) is 82.9 cm³/mol. The van der Waals surface area contributed by atoms with Gasteiger partial charge in [0.15, 0.2) is 0 Å². The molecule has 2 atom stereocenters.